The van der Waals surface area contributed by atoms with Crippen molar-refractivity contribution < 1.29 is 28.6 Å². The van der Waals surface area contributed by atoms with Gasteiger partial charge in [0, 0.05) is 19.3 Å². The molecule has 0 unspecified atom stereocenters. The van der Waals surface area contributed by atoms with Crippen molar-refractivity contribution >= 4 is 17.9 Å². The highest BCUT2D eigenvalue weighted by atomic mass is 16.6. The average molecular weight is 905 g/mol. The zero-order chi connectivity index (χ0) is 47.2. The summed E-state index contributed by atoms with van der Waals surface area (Å²) in [5.74, 6) is -0.970. The zero-order valence-electron chi connectivity index (χ0n) is 42.5. The van der Waals surface area contributed by atoms with E-state index in [1.165, 1.54) is 122 Å². The van der Waals surface area contributed by atoms with Crippen LogP contribution in [0.25, 0.3) is 0 Å². The second-order valence-electron chi connectivity index (χ2n) is 17.8. The molecular weight excluding hydrogens is 805 g/mol. The highest BCUT2D eigenvalue weighted by Crippen LogP contribution is 2.14. The van der Waals surface area contributed by atoms with Crippen LogP contribution in [0.5, 0.6) is 0 Å². The minimum atomic E-state index is -0.809. The summed E-state index contributed by atoms with van der Waals surface area (Å²) in [6.07, 6.45) is 68.5. The van der Waals surface area contributed by atoms with Crippen molar-refractivity contribution in [2.24, 2.45) is 0 Å². The van der Waals surface area contributed by atoms with Gasteiger partial charge in [-0.1, -0.05) is 221 Å². The summed E-state index contributed by atoms with van der Waals surface area (Å²) >= 11 is 0. The van der Waals surface area contributed by atoms with E-state index in [0.29, 0.717) is 19.3 Å². The Labute approximate surface area is 401 Å². The molecular formula is C59H100O6. The smallest absolute Gasteiger partial charge is 0.306 e. The molecule has 0 spiro atoms. The first-order valence-electron chi connectivity index (χ1n) is 27.1. The molecule has 0 radical (unpaired) electrons. The van der Waals surface area contributed by atoms with Crippen molar-refractivity contribution in [1.29, 1.82) is 0 Å². The van der Waals surface area contributed by atoms with Gasteiger partial charge in [-0.15, -0.1) is 0 Å². The average Bonchev–Trinajstić information content (AvgIpc) is 3.30. The Morgan fingerprint density at radius 3 is 0.938 bits per heavy atom. The van der Waals surface area contributed by atoms with Crippen LogP contribution in [0.15, 0.2) is 85.1 Å². The lowest BCUT2D eigenvalue weighted by Crippen LogP contribution is -2.30. The fourth-order valence-electron chi connectivity index (χ4n) is 7.26. The zero-order valence-corrected chi connectivity index (χ0v) is 42.5. The van der Waals surface area contributed by atoms with E-state index < -0.39 is 6.10 Å². The maximum absolute atomic E-state index is 12.8. The standard InChI is InChI=1S/C59H100O6/c1-4-7-10-13-16-19-22-24-26-28-29-31-32-34-37-40-43-46-49-52-58(61)64-55-56(54-63-57(60)51-48-45-42-39-36-21-18-15-12-9-6-3)65-59(62)53-50-47-44-41-38-35-33-30-27-25-23-20-17-14-11-8-5-2/h16-17,19-20,24-27,29,31,33,35,41,44,56H,4-15,18,21-23,28,30,32,34,36-40,42-43,45-55H2,1-3H3/b19-16-,20-17-,26-24-,27-25-,31-29-,35-33-,44-41-/t56-/m1/s1. The Kier molecular flexibility index (Phi) is 50.4. The third-order valence-electron chi connectivity index (χ3n) is 11.4. The van der Waals surface area contributed by atoms with E-state index in [9.17, 15) is 14.4 Å². The minimum Gasteiger partial charge on any atom is -0.462 e. The molecule has 372 valence electrons. The largest absolute Gasteiger partial charge is 0.462 e. The fourth-order valence-corrected chi connectivity index (χ4v) is 7.26. The molecule has 0 aliphatic heterocycles. The van der Waals surface area contributed by atoms with Gasteiger partial charge >= 0.3 is 17.9 Å². The summed E-state index contributed by atoms with van der Waals surface area (Å²) < 4.78 is 16.8. The van der Waals surface area contributed by atoms with Gasteiger partial charge in [-0.2, -0.15) is 0 Å². The van der Waals surface area contributed by atoms with E-state index >= 15 is 0 Å². The van der Waals surface area contributed by atoms with E-state index in [4.69, 9.17) is 14.2 Å². The van der Waals surface area contributed by atoms with Crippen molar-refractivity contribution in [3.8, 4) is 0 Å². The molecule has 6 nitrogen and oxygen atoms in total. The van der Waals surface area contributed by atoms with Crippen LogP contribution in [0, 0.1) is 0 Å². The van der Waals surface area contributed by atoms with E-state index in [-0.39, 0.29) is 37.5 Å². The van der Waals surface area contributed by atoms with Gasteiger partial charge in [0.1, 0.15) is 13.2 Å². The lowest BCUT2D eigenvalue weighted by atomic mass is 10.1. The van der Waals surface area contributed by atoms with Crippen LogP contribution < -0.4 is 0 Å². The lowest BCUT2D eigenvalue weighted by Gasteiger charge is -2.18. The van der Waals surface area contributed by atoms with Gasteiger partial charge in [-0.25, -0.2) is 0 Å². The summed E-state index contributed by atoms with van der Waals surface area (Å²) in [4.78, 5) is 38.0. The lowest BCUT2D eigenvalue weighted by molar-refractivity contribution is -0.167. The SMILES string of the molecule is CCCCC/C=C\C/C=C\C/C=C\C/C=C\CCCC(=O)O[C@@H](COC(=O)CCCCCCCC/C=C\C/C=C\C/C=C\CCCCC)COC(=O)CCCCCCCCCCCCC. The Bertz CT molecular complexity index is 1270. The van der Waals surface area contributed by atoms with Crippen molar-refractivity contribution in [1.82, 2.24) is 0 Å². The first-order valence-corrected chi connectivity index (χ1v) is 27.1. The molecule has 65 heavy (non-hydrogen) atoms. The number of carbonyl (C=O) groups excluding carboxylic acids is 3. The van der Waals surface area contributed by atoms with Crippen molar-refractivity contribution in [3.05, 3.63) is 85.1 Å². The molecule has 0 heterocycles. The Hall–Kier alpha value is -3.41. The van der Waals surface area contributed by atoms with Crippen molar-refractivity contribution in [2.75, 3.05) is 13.2 Å². The van der Waals surface area contributed by atoms with Crippen LogP contribution in [-0.4, -0.2) is 37.2 Å². The number of ether oxygens (including phenoxy) is 3. The van der Waals surface area contributed by atoms with E-state index in [2.05, 4.69) is 106 Å². The summed E-state index contributed by atoms with van der Waals surface area (Å²) in [6, 6.07) is 0. The van der Waals surface area contributed by atoms with Gasteiger partial charge in [-0.05, 0) is 96.3 Å². The van der Waals surface area contributed by atoms with Gasteiger partial charge in [0.15, 0.2) is 6.10 Å². The number of unbranched alkanes of at least 4 members (excludes halogenated alkanes) is 23. The summed E-state index contributed by atoms with van der Waals surface area (Å²) in [5.41, 5.74) is 0. The van der Waals surface area contributed by atoms with Crippen LogP contribution in [-0.2, 0) is 28.6 Å². The Morgan fingerprint density at radius 2 is 0.569 bits per heavy atom. The molecule has 0 rings (SSSR count). The predicted octanol–water partition coefficient (Wildman–Crippen LogP) is 18.0. The molecule has 0 aromatic carbocycles. The number of allylic oxidation sites excluding steroid dienone is 14. The first kappa shape index (κ1) is 61.6. The van der Waals surface area contributed by atoms with E-state index in [1.807, 2.05) is 0 Å². The van der Waals surface area contributed by atoms with Gasteiger partial charge in [-0.3, -0.25) is 14.4 Å². The number of esters is 3. The third kappa shape index (κ3) is 51.4. The van der Waals surface area contributed by atoms with Crippen molar-refractivity contribution in [2.45, 2.75) is 258 Å². The maximum Gasteiger partial charge on any atom is 0.306 e. The van der Waals surface area contributed by atoms with Gasteiger partial charge in [0.25, 0.3) is 0 Å². The highest BCUT2D eigenvalue weighted by Gasteiger charge is 2.19. The van der Waals surface area contributed by atoms with E-state index in [0.717, 1.165) is 83.5 Å². The molecule has 0 aromatic rings. The molecule has 6 heteroatoms. The Balaban J connectivity index is 4.47. The predicted molar refractivity (Wildman–Crippen MR) is 279 cm³/mol. The Morgan fingerprint density at radius 1 is 0.308 bits per heavy atom. The molecule has 1 atom stereocenters. The molecule has 0 aliphatic carbocycles. The molecule has 0 saturated heterocycles. The molecule has 0 fully saturated rings. The van der Waals surface area contributed by atoms with Gasteiger partial charge in [0.2, 0.25) is 0 Å². The molecule has 0 N–H and O–H groups in total. The van der Waals surface area contributed by atoms with Crippen LogP contribution in [0.3, 0.4) is 0 Å². The summed E-state index contributed by atoms with van der Waals surface area (Å²) in [7, 11) is 0. The molecule has 0 saturated carbocycles. The highest BCUT2D eigenvalue weighted by molar-refractivity contribution is 5.71. The van der Waals surface area contributed by atoms with Crippen LogP contribution >= 0.6 is 0 Å². The fraction of sp³-hybridized carbons (Fsp3) is 0.712. The number of carbonyl (C=O) groups is 3. The summed E-state index contributed by atoms with van der Waals surface area (Å²) in [6.45, 7) is 6.52. The molecule has 0 aliphatic rings. The van der Waals surface area contributed by atoms with E-state index in [1.54, 1.807) is 0 Å². The van der Waals surface area contributed by atoms with Crippen LogP contribution in [0.2, 0.25) is 0 Å². The summed E-state index contributed by atoms with van der Waals surface area (Å²) in [5, 5.41) is 0. The van der Waals surface area contributed by atoms with Gasteiger partial charge in [0.05, 0.1) is 0 Å². The molecule has 0 amide bonds. The molecule has 0 aromatic heterocycles. The second-order valence-corrected chi connectivity index (χ2v) is 17.8. The van der Waals surface area contributed by atoms with Crippen LogP contribution in [0.1, 0.15) is 252 Å². The van der Waals surface area contributed by atoms with Crippen LogP contribution in [0.4, 0.5) is 0 Å². The first-order chi connectivity index (χ1) is 32.0. The maximum atomic E-state index is 12.8. The third-order valence-corrected chi connectivity index (χ3v) is 11.4. The normalized spacial score (nSPS) is 12.7. The minimum absolute atomic E-state index is 0.101. The topological polar surface area (TPSA) is 78.9 Å². The van der Waals surface area contributed by atoms with Crippen molar-refractivity contribution in [3.63, 3.8) is 0 Å². The molecule has 0 bridgehead atoms. The number of rotatable bonds is 48. The number of hydrogen-bond donors (Lipinski definition) is 0. The monoisotopic (exact) mass is 905 g/mol. The number of hydrogen-bond acceptors (Lipinski definition) is 6. The quantitative estimate of drug-likeness (QED) is 0.0262. The van der Waals surface area contributed by atoms with Gasteiger partial charge < -0.3 is 14.2 Å². The second kappa shape index (κ2) is 53.2.